The van der Waals surface area contributed by atoms with Crippen LogP contribution in [0.4, 0.5) is 39.5 Å². The van der Waals surface area contributed by atoms with Crippen LogP contribution in [0.25, 0.3) is 68.3 Å². The van der Waals surface area contributed by atoms with E-state index in [4.69, 9.17) is 0 Å². The number of nitrogens with zero attached hydrogens (tertiary/aromatic N) is 17. The van der Waals surface area contributed by atoms with Gasteiger partial charge in [0.25, 0.3) is 0 Å². The molecule has 12 rings (SSSR count). The van der Waals surface area contributed by atoms with Crippen molar-refractivity contribution in [2.24, 2.45) is 21.1 Å². The normalized spacial score (nSPS) is 11.2. The molecule has 0 N–H and O–H groups in total. The zero-order chi connectivity index (χ0) is 67.2. The van der Waals surface area contributed by atoms with Gasteiger partial charge in [0.1, 0.15) is 17.1 Å². The van der Waals surface area contributed by atoms with E-state index in [-0.39, 0.29) is 88.2 Å². The van der Waals surface area contributed by atoms with Crippen LogP contribution in [0.5, 0.6) is 0 Å². The fourth-order valence-corrected chi connectivity index (χ4v) is 7.93. The number of halogens is 9. The molecule has 95 heavy (non-hydrogen) atoms. The van der Waals surface area contributed by atoms with Crippen molar-refractivity contribution >= 4 is 0 Å². The van der Waals surface area contributed by atoms with Gasteiger partial charge in [0.2, 0.25) is 0 Å². The van der Waals surface area contributed by atoms with Crippen molar-refractivity contribution in [3.05, 3.63) is 223 Å². The number of benzene rings is 1. The van der Waals surface area contributed by atoms with Gasteiger partial charge in [-0.1, -0.05) is 101 Å². The van der Waals surface area contributed by atoms with Crippen molar-refractivity contribution in [1.29, 1.82) is 0 Å². The largest absolute Gasteiger partial charge is 0.573 e. The number of imidazole rings is 3. The summed E-state index contributed by atoms with van der Waals surface area (Å²) in [5.41, 5.74) is 6.66. The third-order valence-electron chi connectivity index (χ3n) is 13.5. The molecule has 0 amide bonds. The van der Waals surface area contributed by atoms with Crippen molar-refractivity contribution in [2.75, 3.05) is 0 Å². The minimum absolute atomic E-state index is 0. The Kier molecular flexibility index (Phi) is 28.5. The van der Waals surface area contributed by atoms with Crippen molar-refractivity contribution in [3.63, 3.8) is 0 Å². The van der Waals surface area contributed by atoms with Gasteiger partial charge < -0.3 is 54.3 Å². The summed E-state index contributed by atoms with van der Waals surface area (Å²) < 4.78 is 117. The molecule has 0 fully saturated rings. The van der Waals surface area contributed by atoms with Gasteiger partial charge in [0, 0.05) is 153 Å². The third kappa shape index (κ3) is 22.3. The molecular weight excluding hydrogens is 1780 g/mol. The number of aryl methyl sites for hydroxylation is 3. The van der Waals surface area contributed by atoms with Gasteiger partial charge in [-0.25, -0.2) is 0 Å². The zero-order valence-corrected chi connectivity index (χ0v) is 60.2. The van der Waals surface area contributed by atoms with Crippen molar-refractivity contribution in [1.82, 2.24) is 84.2 Å². The maximum absolute atomic E-state index is 12.5. The summed E-state index contributed by atoms with van der Waals surface area (Å²) in [4.78, 5) is 32.9. The summed E-state index contributed by atoms with van der Waals surface area (Å²) in [6.07, 6.45) is 3.71. The Labute approximate surface area is 583 Å². The average molecular weight is 1840 g/mol. The first-order valence-electron chi connectivity index (χ1n) is 27.9. The van der Waals surface area contributed by atoms with Crippen molar-refractivity contribution in [2.45, 2.75) is 91.7 Å². The first-order chi connectivity index (χ1) is 43.3. The Morgan fingerprint density at radius 1 is 0.368 bits per heavy atom. The van der Waals surface area contributed by atoms with Crippen LogP contribution in [-0.2, 0) is 111 Å². The number of alkyl halides is 9. The molecule has 0 aliphatic carbocycles. The Morgan fingerprint density at radius 2 is 0.716 bits per heavy atom. The maximum Gasteiger partial charge on any atom is 0.431 e. The second-order valence-electron chi connectivity index (χ2n) is 22.3. The van der Waals surface area contributed by atoms with E-state index < -0.39 is 35.6 Å². The van der Waals surface area contributed by atoms with Crippen LogP contribution < -0.4 is 15.3 Å². The summed E-state index contributed by atoms with van der Waals surface area (Å²) in [6, 6.07) is 35.6. The fraction of sp³-hybridized carbons (Fsp3) is 0.258. The predicted molar refractivity (Wildman–Crippen MR) is 327 cm³/mol. The molecule has 0 unspecified atom stereocenters. The Balaban J connectivity index is 0.000000243. The minimum Gasteiger partial charge on any atom is -0.573 e. The van der Waals surface area contributed by atoms with Crippen molar-refractivity contribution in [3.8, 4) is 68.3 Å². The Hall–Kier alpha value is -8.45. The summed E-state index contributed by atoms with van der Waals surface area (Å²) in [5, 5.41) is 19.8. The van der Waals surface area contributed by atoms with E-state index in [0.29, 0.717) is 17.1 Å². The van der Waals surface area contributed by atoms with E-state index in [1.165, 1.54) is 6.20 Å². The molecule has 17 nitrogen and oxygen atoms in total. The number of pyridine rings is 5. The van der Waals surface area contributed by atoms with Crippen LogP contribution in [0.2, 0.25) is 0 Å². The van der Waals surface area contributed by atoms with E-state index in [0.717, 1.165) is 80.6 Å². The molecule has 12 aromatic rings. The minimum atomic E-state index is -4.48. The molecule has 0 aliphatic heterocycles. The van der Waals surface area contributed by atoms with Crippen LogP contribution in [0, 0.1) is 39.0 Å². The molecular formula is C66H62F9Ir3N17-6. The molecule has 3 radical (unpaired) electrons. The van der Waals surface area contributed by atoms with Crippen LogP contribution in [0.1, 0.15) is 86.8 Å². The third-order valence-corrected chi connectivity index (χ3v) is 13.5. The molecule has 0 aliphatic rings. The monoisotopic (exact) mass is 1840 g/mol. The summed E-state index contributed by atoms with van der Waals surface area (Å²) in [5.74, 6) is 2.79. The van der Waals surface area contributed by atoms with Crippen molar-refractivity contribution < 1.29 is 99.8 Å². The van der Waals surface area contributed by atoms with E-state index >= 15 is 0 Å². The summed E-state index contributed by atoms with van der Waals surface area (Å²) in [7, 11) is 5.98. The first kappa shape index (κ1) is 79.0. The number of rotatable bonds is 6. The topological polar surface area (TPSA) is 199 Å². The maximum atomic E-state index is 12.5. The van der Waals surface area contributed by atoms with Gasteiger partial charge >= 0.3 is 18.5 Å². The molecule has 29 heteroatoms. The van der Waals surface area contributed by atoms with Gasteiger partial charge in [0.15, 0.2) is 0 Å². The quantitative estimate of drug-likeness (QED) is 0.112. The molecule has 0 bridgehead atoms. The number of hydrogen-bond donors (Lipinski definition) is 0. The van der Waals surface area contributed by atoms with Crippen LogP contribution in [-0.4, -0.2) is 68.9 Å². The molecule has 0 saturated carbocycles. The van der Waals surface area contributed by atoms with Gasteiger partial charge in [-0.15, -0.1) is 60.2 Å². The van der Waals surface area contributed by atoms with Gasteiger partial charge in [-0.05, 0) is 97.3 Å². The SMILES string of the molecule is CC(C)(C)c1ccnc(-c2cc(C(F)(F)F)n[n-]2)c1.CC(C)(C)c1ccnc(-c2cc(C(F)(F)F)n[n-]2)c1.Cc1cnc(-c2[c-]cccc2)n1C.Cc1cnc(-c2[c-]ccnc2)n1C.Cc1cnc(-c2[c-]ccnc2)n1C.FC(F)(F)c1cc(-c2ccccn2)[n-]n1.[Ir].[Ir].[Ir]. The number of hydrogen-bond acceptors (Lipinski definition) is 11. The standard InChI is InChI=1S/2C13H13F3N3.C11H11N2.2C10H10N3.C9H5F3N3.3Ir/c2*1-12(2,3)8-4-5-17-9(6-8)10-7-11(19-18-10)13(14,15)16;1-9-8-12-11(13(9)2)10-6-4-3-5-7-10;2*1-8-6-12-10(13(8)2)9-4-3-5-11-7-9;10-9(11,12)8-5-7(14-15-8)6-3-1-2-4-13-6;;;/h2*4-7H,1-3H3;3-6,8H,1-2H3;2*3,5-7H,1-2H3;1-5H;;;/q6*-1;;;. The van der Waals surface area contributed by atoms with Crippen LogP contribution >= 0.6 is 0 Å². The number of aromatic nitrogens is 17. The van der Waals surface area contributed by atoms with Crippen LogP contribution in [0.3, 0.4) is 0 Å². The summed E-state index contributed by atoms with van der Waals surface area (Å²) in [6.45, 7) is 18.2. The molecule has 0 saturated heterocycles. The van der Waals surface area contributed by atoms with Gasteiger partial charge in [-0.3, -0.25) is 29.9 Å². The van der Waals surface area contributed by atoms with E-state index in [1.807, 2.05) is 148 Å². The second-order valence-corrected chi connectivity index (χ2v) is 22.3. The summed E-state index contributed by atoms with van der Waals surface area (Å²) >= 11 is 0. The molecule has 0 spiro atoms. The molecule has 11 aromatic heterocycles. The first-order valence-corrected chi connectivity index (χ1v) is 27.9. The van der Waals surface area contributed by atoms with Crippen LogP contribution in [0.15, 0.2) is 159 Å². The van der Waals surface area contributed by atoms with Gasteiger partial charge in [-0.2, -0.15) is 39.5 Å². The molecule has 1 aromatic carbocycles. The molecule has 507 valence electrons. The Bertz CT molecular complexity index is 3940. The van der Waals surface area contributed by atoms with E-state index in [9.17, 15) is 39.5 Å². The average Bonchev–Trinajstić information content (AvgIpc) is 1.78. The molecule has 0 atom stereocenters. The fourth-order valence-electron chi connectivity index (χ4n) is 7.93. The zero-order valence-electron chi connectivity index (χ0n) is 53.0. The van der Waals surface area contributed by atoms with E-state index in [1.54, 1.807) is 79.6 Å². The smallest absolute Gasteiger partial charge is 0.431 e. The predicted octanol–water partition coefficient (Wildman–Crippen LogP) is 14.3. The molecule has 11 heterocycles. The second kappa shape index (κ2) is 34.3. The van der Waals surface area contributed by atoms with Gasteiger partial charge in [0.05, 0.1) is 17.5 Å². The van der Waals surface area contributed by atoms with E-state index in [2.05, 4.69) is 93.2 Å². The Morgan fingerprint density at radius 3 is 1.00 bits per heavy atom.